The number of hydrogen-bond acceptors (Lipinski definition) is 5. The van der Waals surface area contributed by atoms with Crippen LogP contribution >= 0.6 is 11.6 Å². The van der Waals surface area contributed by atoms with Crippen molar-refractivity contribution in [3.05, 3.63) is 53.9 Å². The number of alkyl halides is 3. The second-order valence-electron chi connectivity index (χ2n) is 7.25. The number of H-pyrrole nitrogens is 1. The van der Waals surface area contributed by atoms with Crippen LogP contribution in [-0.4, -0.2) is 39.7 Å². The molecule has 0 aliphatic carbocycles. The maximum absolute atomic E-state index is 12.8. The van der Waals surface area contributed by atoms with Gasteiger partial charge in [0.2, 0.25) is 0 Å². The van der Waals surface area contributed by atoms with Crippen LogP contribution in [0.1, 0.15) is 28.9 Å². The molecule has 1 fully saturated rings. The molecule has 4 rings (SSSR count). The number of carbonyl (C=O) groups excluding carboxylic acids is 1. The number of pyridine rings is 1. The van der Waals surface area contributed by atoms with Crippen molar-refractivity contribution in [2.75, 3.05) is 23.3 Å². The number of ether oxygens (including phenoxy) is 1. The van der Waals surface area contributed by atoms with E-state index in [9.17, 15) is 13.6 Å². The average Bonchev–Trinajstić information content (AvgIpc) is 3.40. The molecule has 1 aromatic carbocycles. The monoisotopic (exact) mass is 447 g/mol. The zero-order valence-electron chi connectivity index (χ0n) is 16.7. The van der Waals surface area contributed by atoms with Crippen LogP contribution in [0.15, 0.2) is 42.6 Å². The molecule has 1 saturated heterocycles. The normalized spacial score (nSPS) is 14.0. The third-order valence-electron chi connectivity index (χ3n) is 4.86. The second kappa shape index (κ2) is 8.50. The van der Waals surface area contributed by atoms with Crippen LogP contribution in [0.2, 0.25) is 0 Å². The van der Waals surface area contributed by atoms with E-state index in [1.807, 2.05) is 13.0 Å². The molecule has 10 heteroatoms. The molecule has 0 atom stereocenters. The van der Waals surface area contributed by atoms with E-state index in [4.69, 9.17) is 11.6 Å². The molecule has 0 saturated carbocycles. The fourth-order valence-corrected chi connectivity index (χ4v) is 3.54. The van der Waals surface area contributed by atoms with Crippen molar-refractivity contribution in [3.8, 4) is 17.0 Å². The van der Waals surface area contributed by atoms with E-state index in [2.05, 4.69) is 30.1 Å². The Morgan fingerprint density at radius 2 is 1.94 bits per heavy atom. The first kappa shape index (κ1) is 21.0. The molecule has 2 N–H and O–H groups in total. The highest BCUT2D eigenvalue weighted by atomic mass is 35.5. The van der Waals surface area contributed by atoms with Crippen LogP contribution in [0.4, 0.5) is 20.3 Å². The summed E-state index contributed by atoms with van der Waals surface area (Å²) in [5.41, 5.74) is -0.643. The average molecular weight is 448 g/mol. The Kier molecular flexibility index (Phi) is 5.77. The predicted molar refractivity (Wildman–Crippen MR) is 114 cm³/mol. The van der Waals surface area contributed by atoms with Gasteiger partial charge >= 0.3 is 5.57 Å². The van der Waals surface area contributed by atoms with Crippen molar-refractivity contribution in [3.63, 3.8) is 0 Å². The van der Waals surface area contributed by atoms with Crippen LogP contribution in [-0.2, 0) is 0 Å². The molecule has 7 nitrogen and oxygen atoms in total. The minimum Gasteiger partial charge on any atom is -0.420 e. The summed E-state index contributed by atoms with van der Waals surface area (Å²) < 4.78 is 29.7. The van der Waals surface area contributed by atoms with Crippen molar-refractivity contribution in [2.24, 2.45) is 0 Å². The van der Waals surface area contributed by atoms with Gasteiger partial charge in [0, 0.05) is 47.8 Å². The lowest BCUT2D eigenvalue weighted by Gasteiger charge is -2.20. The Balaban J connectivity index is 1.57. The standard InChI is InChI=1S/C21H20ClF2N5O2/c1-13-10-18(28-27-13)17-11-14(12-25-19(17)29-8-2-3-9-29)20(30)26-15-4-6-16(7-5-15)31-21(22,23)24/h4-7,10-12H,2-3,8-9H2,1H3,(H,26,30)(H,27,28). The molecule has 162 valence electrons. The van der Waals surface area contributed by atoms with Gasteiger partial charge in [0.05, 0.1) is 11.3 Å². The van der Waals surface area contributed by atoms with Crippen molar-refractivity contribution in [2.45, 2.75) is 25.3 Å². The Morgan fingerprint density at radius 1 is 1.23 bits per heavy atom. The lowest BCUT2D eigenvalue weighted by Crippen LogP contribution is -2.21. The van der Waals surface area contributed by atoms with E-state index in [-0.39, 0.29) is 11.7 Å². The number of nitrogens with zero attached hydrogens (tertiary/aromatic N) is 3. The highest BCUT2D eigenvalue weighted by Crippen LogP contribution is 2.31. The summed E-state index contributed by atoms with van der Waals surface area (Å²) in [6.45, 7) is 3.72. The Bertz CT molecular complexity index is 1080. The van der Waals surface area contributed by atoms with Crippen LogP contribution in [0.5, 0.6) is 5.75 Å². The molecule has 31 heavy (non-hydrogen) atoms. The molecule has 2 aromatic heterocycles. The molecule has 3 heterocycles. The number of nitrogens with one attached hydrogen (secondary N) is 2. The first-order valence-corrected chi connectivity index (χ1v) is 10.1. The van der Waals surface area contributed by atoms with Crippen LogP contribution in [0.25, 0.3) is 11.3 Å². The Hall–Kier alpha value is -3.20. The van der Waals surface area contributed by atoms with E-state index < -0.39 is 5.57 Å². The summed E-state index contributed by atoms with van der Waals surface area (Å²) in [6.07, 6.45) is 3.72. The lowest BCUT2D eigenvalue weighted by molar-refractivity contribution is -0.0964. The predicted octanol–water partition coefficient (Wildman–Crippen LogP) is 4.80. The number of aryl methyl sites for hydroxylation is 1. The van der Waals surface area contributed by atoms with Crippen LogP contribution < -0.4 is 15.0 Å². The molecule has 0 radical (unpaired) electrons. The molecule has 0 unspecified atom stereocenters. The molecule has 1 aliphatic rings. The van der Waals surface area contributed by atoms with Gasteiger partial charge in [-0.25, -0.2) is 4.98 Å². The molecule has 0 bridgehead atoms. The zero-order valence-corrected chi connectivity index (χ0v) is 17.4. The Labute approximate surface area is 182 Å². The smallest absolute Gasteiger partial charge is 0.420 e. The summed E-state index contributed by atoms with van der Waals surface area (Å²) in [6, 6.07) is 9.14. The number of hydrogen-bond donors (Lipinski definition) is 2. The number of aromatic amines is 1. The quantitative estimate of drug-likeness (QED) is 0.530. The number of halogens is 3. The second-order valence-corrected chi connectivity index (χ2v) is 7.69. The summed E-state index contributed by atoms with van der Waals surface area (Å²) in [5, 5.41) is 9.98. The van der Waals surface area contributed by atoms with Crippen molar-refractivity contribution in [1.29, 1.82) is 0 Å². The number of anilines is 2. The van der Waals surface area contributed by atoms with Crippen LogP contribution in [0.3, 0.4) is 0 Å². The van der Waals surface area contributed by atoms with Gasteiger partial charge in [-0.15, -0.1) is 8.78 Å². The summed E-state index contributed by atoms with van der Waals surface area (Å²) in [7, 11) is 0. The highest BCUT2D eigenvalue weighted by molar-refractivity contribution is 6.20. The van der Waals surface area contributed by atoms with E-state index in [1.165, 1.54) is 30.5 Å². The lowest BCUT2D eigenvalue weighted by atomic mass is 10.1. The van der Waals surface area contributed by atoms with E-state index >= 15 is 0 Å². The molecule has 1 amide bonds. The molecular formula is C21H20ClF2N5O2. The van der Waals surface area contributed by atoms with E-state index in [1.54, 1.807) is 6.07 Å². The summed E-state index contributed by atoms with van der Waals surface area (Å²) in [5.74, 6) is 0.292. The van der Waals surface area contributed by atoms with E-state index in [0.29, 0.717) is 16.9 Å². The number of aromatic nitrogens is 3. The van der Waals surface area contributed by atoms with Crippen LogP contribution in [0, 0.1) is 6.92 Å². The molecule has 3 aromatic rings. The fourth-order valence-electron chi connectivity index (χ4n) is 3.45. The Morgan fingerprint density at radius 3 is 2.55 bits per heavy atom. The highest BCUT2D eigenvalue weighted by Gasteiger charge is 2.27. The van der Waals surface area contributed by atoms with E-state index in [0.717, 1.165) is 43.0 Å². The van der Waals surface area contributed by atoms with Gasteiger partial charge in [0.1, 0.15) is 11.6 Å². The SMILES string of the molecule is Cc1cc(-c2cc(C(=O)Nc3ccc(OC(F)(F)Cl)cc3)cnc2N2CCCC2)n[nH]1. The molecular weight excluding hydrogens is 428 g/mol. The minimum atomic E-state index is -3.80. The first-order valence-electron chi connectivity index (χ1n) is 9.73. The number of carbonyl (C=O) groups is 1. The van der Waals surface area contributed by atoms with Crippen molar-refractivity contribution in [1.82, 2.24) is 15.2 Å². The summed E-state index contributed by atoms with van der Waals surface area (Å²) in [4.78, 5) is 19.5. The third-order valence-corrected chi connectivity index (χ3v) is 4.94. The number of rotatable bonds is 6. The molecule has 1 aliphatic heterocycles. The maximum atomic E-state index is 12.8. The van der Waals surface area contributed by atoms with Gasteiger partial charge < -0.3 is 15.0 Å². The largest absolute Gasteiger partial charge is 0.487 e. The van der Waals surface area contributed by atoms with Gasteiger partial charge in [-0.05, 0) is 56.2 Å². The zero-order chi connectivity index (χ0) is 22.0. The third kappa shape index (κ3) is 5.11. The minimum absolute atomic E-state index is 0.120. The fraction of sp³-hybridized carbons (Fsp3) is 0.286. The maximum Gasteiger partial charge on any atom is 0.487 e. The van der Waals surface area contributed by atoms with Gasteiger partial charge in [0.25, 0.3) is 5.91 Å². The first-order chi connectivity index (χ1) is 14.8. The van der Waals surface area contributed by atoms with Gasteiger partial charge in [0.15, 0.2) is 0 Å². The van der Waals surface area contributed by atoms with Crippen molar-refractivity contribution >= 4 is 29.0 Å². The van der Waals surface area contributed by atoms with Gasteiger partial charge in [-0.3, -0.25) is 9.89 Å². The summed E-state index contributed by atoms with van der Waals surface area (Å²) >= 11 is 4.76. The van der Waals surface area contributed by atoms with Gasteiger partial charge in [-0.1, -0.05) is 0 Å². The van der Waals surface area contributed by atoms with Crippen molar-refractivity contribution < 1.29 is 18.3 Å². The number of benzene rings is 1. The topological polar surface area (TPSA) is 83.1 Å². The molecule has 0 spiro atoms. The number of amides is 1. The van der Waals surface area contributed by atoms with Gasteiger partial charge in [-0.2, -0.15) is 5.10 Å².